The van der Waals surface area contributed by atoms with Gasteiger partial charge < -0.3 is 9.73 Å². The van der Waals surface area contributed by atoms with Crippen molar-refractivity contribution < 1.29 is 9.21 Å². The van der Waals surface area contributed by atoms with E-state index in [9.17, 15) is 4.79 Å². The van der Waals surface area contributed by atoms with Gasteiger partial charge in [0.15, 0.2) is 11.5 Å². The van der Waals surface area contributed by atoms with Crippen molar-refractivity contribution in [3.05, 3.63) is 36.2 Å². The van der Waals surface area contributed by atoms with Crippen LogP contribution in [0.2, 0.25) is 0 Å². The van der Waals surface area contributed by atoms with E-state index in [-0.39, 0.29) is 11.8 Å². The lowest BCUT2D eigenvalue weighted by Gasteiger charge is -2.17. The lowest BCUT2D eigenvalue weighted by Crippen LogP contribution is -2.23. The van der Waals surface area contributed by atoms with E-state index in [0.717, 1.165) is 41.9 Å². The molecule has 1 heterocycles. The second kappa shape index (κ2) is 5.02. The Labute approximate surface area is 123 Å². The summed E-state index contributed by atoms with van der Waals surface area (Å²) in [6, 6.07) is 5.69. The molecular formula is C17H18N2O2. The first-order valence-electron chi connectivity index (χ1n) is 7.66. The van der Waals surface area contributed by atoms with Crippen LogP contribution in [-0.4, -0.2) is 10.9 Å². The van der Waals surface area contributed by atoms with Crippen LogP contribution in [0.25, 0.3) is 11.1 Å². The molecule has 2 aliphatic carbocycles. The summed E-state index contributed by atoms with van der Waals surface area (Å²) in [5.41, 5.74) is 2.44. The Balaban J connectivity index is 1.52. The number of benzene rings is 1. The van der Waals surface area contributed by atoms with Gasteiger partial charge in [0.2, 0.25) is 5.91 Å². The van der Waals surface area contributed by atoms with Crippen molar-refractivity contribution in [2.75, 3.05) is 5.32 Å². The minimum atomic E-state index is 0.0880. The molecule has 1 saturated carbocycles. The maximum absolute atomic E-state index is 12.2. The standard InChI is InChI=1S/C17H18N2O2/c20-16(11-4-2-1-3-5-11)18-13-8-9-15-14(10-13)19-17(21-15)12-6-7-12/h1-2,8-12H,3-7H2,(H,18,20). The van der Waals surface area contributed by atoms with Crippen LogP contribution >= 0.6 is 0 Å². The molecule has 1 aromatic heterocycles. The molecule has 1 unspecified atom stereocenters. The van der Waals surface area contributed by atoms with Crippen molar-refractivity contribution in [2.45, 2.75) is 38.0 Å². The van der Waals surface area contributed by atoms with E-state index in [4.69, 9.17) is 4.42 Å². The molecule has 1 fully saturated rings. The van der Waals surface area contributed by atoms with Gasteiger partial charge in [0, 0.05) is 17.5 Å². The van der Waals surface area contributed by atoms with Crippen molar-refractivity contribution in [1.82, 2.24) is 4.98 Å². The van der Waals surface area contributed by atoms with Crippen LogP contribution in [-0.2, 0) is 4.79 Å². The zero-order chi connectivity index (χ0) is 14.2. The Bertz CT molecular complexity index is 713. The van der Waals surface area contributed by atoms with Crippen LogP contribution in [0.15, 0.2) is 34.8 Å². The number of hydrogen-bond donors (Lipinski definition) is 1. The molecule has 108 valence electrons. The monoisotopic (exact) mass is 282 g/mol. The largest absolute Gasteiger partial charge is 0.440 e. The predicted octanol–water partition coefficient (Wildman–Crippen LogP) is 4.00. The Hall–Kier alpha value is -2.10. The summed E-state index contributed by atoms with van der Waals surface area (Å²) in [5.74, 6) is 1.53. The molecule has 21 heavy (non-hydrogen) atoms. The third-order valence-electron chi connectivity index (χ3n) is 4.24. The number of hydrogen-bond acceptors (Lipinski definition) is 3. The molecule has 1 N–H and O–H groups in total. The Kier molecular flexibility index (Phi) is 3.02. The summed E-state index contributed by atoms with van der Waals surface area (Å²) in [6.45, 7) is 0. The summed E-state index contributed by atoms with van der Waals surface area (Å²) < 4.78 is 5.74. The van der Waals surface area contributed by atoms with Crippen molar-refractivity contribution in [3.63, 3.8) is 0 Å². The van der Waals surface area contributed by atoms with Gasteiger partial charge in [-0.25, -0.2) is 4.98 Å². The van der Waals surface area contributed by atoms with Crippen LogP contribution in [0.4, 0.5) is 5.69 Å². The van der Waals surface area contributed by atoms with E-state index in [2.05, 4.69) is 22.5 Å². The molecule has 1 atom stereocenters. The molecule has 0 spiro atoms. The summed E-state index contributed by atoms with van der Waals surface area (Å²) in [4.78, 5) is 16.8. The molecule has 2 aromatic rings. The fourth-order valence-electron chi connectivity index (χ4n) is 2.80. The normalized spacial score (nSPS) is 21.6. The van der Waals surface area contributed by atoms with Gasteiger partial charge in [-0.1, -0.05) is 12.2 Å². The molecule has 4 nitrogen and oxygen atoms in total. The first-order valence-corrected chi connectivity index (χ1v) is 7.66. The maximum Gasteiger partial charge on any atom is 0.227 e. The van der Waals surface area contributed by atoms with Crippen molar-refractivity contribution in [2.24, 2.45) is 5.92 Å². The van der Waals surface area contributed by atoms with E-state index in [1.807, 2.05) is 18.2 Å². The van der Waals surface area contributed by atoms with Gasteiger partial charge in [-0.2, -0.15) is 0 Å². The Morgan fingerprint density at radius 1 is 1.24 bits per heavy atom. The second-order valence-electron chi connectivity index (χ2n) is 5.98. The number of nitrogens with zero attached hydrogens (tertiary/aromatic N) is 1. The molecule has 0 bridgehead atoms. The maximum atomic E-state index is 12.2. The highest BCUT2D eigenvalue weighted by Crippen LogP contribution is 2.40. The number of oxazole rings is 1. The fraction of sp³-hybridized carbons (Fsp3) is 0.412. The van der Waals surface area contributed by atoms with E-state index >= 15 is 0 Å². The van der Waals surface area contributed by atoms with Gasteiger partial charge in [0.25, 0.3) is 0 Å². The topological polar surface area (TPSA) is 55.1 Å². The van der Waals surface area contributed by atoms with Crippen LogP contribution in [0.1, 0.15) is 43.9 Å². The third-order valence-corrected chi connectivity index (χ3v) is 4.24. The zero-order valence-corrected chi connectivity index (χ0v) is 11.8. The predicted molar refractivity (Wildman–Crippen MR) is 81.1 cm³/mol. The molecule has 1 aromatic carbocycles. The number of rotatable bonds is 3. The van der Waals surface area contributed by atoms with Crippen LogP contribution in [0.3, 0.4) is 0 Å². The Morgan fingerprint density at radius 2 is 2.14 bits per heavy atom. The summed E-state index contributed by atoms with van der Waals surface area (Å²) in [5, 5.41) is 3.00. The van der Waals surface area contributed by atoms with E-state index in [0.29, 0.717) is 5.92 Å². The molecule has 2 aliphatic rings. The van der Waals surface area contributed by atoms with Crippen LogP contribution < -0.4 is 5.32 Å². The van der Waals surface area contributed by atoms with Crippen molar-refractivity contribution >= 4 is 22.7 Å². The van der Waals surface area contributed by atoms with E-state index in [1.54, 1.807) is 0 Å². The molecule has 0 aliphatic heterocycles. The average Bonchev–Trinajstić information content (AvgIpc) is 3.28. The lowest BCUT2D eigenvalue weighted by atomic mass is 9.93. The first-order chi connectivity index (χ1) is 10.3. The minimum absolute atomic E-state index is 0.0880. The van der Waals surface area contributed by atoms with Crippen molar-refractivity contribution in [1.29, 1.82) is 0 Å². The van der Waals surface area contributed by atoms with Gasteiger partial charge in [-0.15, -0.1) is 0 Å². The quantitative estimate of drug-likeness (QED) is 0.866. The van der Waals surface area contributed by atoms with Gasteiger partial charge in [0.1, 0.15) is 5.52 Å². The van der Waals surface area contributed by atoms with E-state index in [1.165, 1.54) is 12.8 Å². The highest BCUT2D eigenvalue weighted by Gasteiger charge is 2.29. The smallest absolute Gasteiger partial charge is 0.227 e. The number of allylic oxidation sites excluding steroid dienone is 2. The number of carbonyl (C=O) groups is 1. The molecule has 4 rings (SSSR count). The first kappa shape index (κ1) is 12.6. The summed E-state index contributed by atoms with van der Waals surface area (Å²) in [7, 11) is 0. The Morgan fingerprint density at radius 3 is 2.90 bits per heavy atom. The lowest BCUT2D eigenvalue weighted by molar-refractivity contribution is -0.120. The number of carbonyl (C=O) groups excluding carboxylic acids is 1. The van der Waals surface area contributed by atoms with Gasteiger partial charge in [-0.05, 0) is 50.3 Å². The van der Waals surface area contributed by atoms with Gasteiger partial charge in [0.05, 0.1) is 0 Å². The molecule has 1 amide bonds. The minimum Gasteiger partial charge on any atom is -0.440 e. The molecule has 0 radical (unpaired) electrons. The van der Waals surface area contributed by atoms with Crippen LogP contribution in [0, 0.1) is 5.92 Å². The second-order valence-corrected chi connectivity index (χ2v) is 5.98. The SMILES string of the molecule is O=C(Nc1ccc2oc(C3CC3)nc2c1)C1CC=CCC1. The van der Waals surface area contributed by atoms with Gasteiger partial charge in [-0.3, -0.25) is 4.79 Å². The molecule has 0 saturated heterocycles. The third kappa shape index (κ3) is 2.58. The highest BCUT2D eigenvalue weighted by molar-refractivity contribution is 5.94. The highest BCUT2D eigenvalue weighted by atomic mass is 16.3. The number of fused-ring (bicyclic) bond motifs is 1. The fourth-order valence-corrected chi connectivity index (χ4v) is 2.80. The summed E-state index contributed by atoms with van der Waals surface area (Å²) >= 11 is 0. The number of aromatic nitrogens is 1. The number of nitrogens with one attached hydrogen (secondary N) is 1. The number of amides is 1. The molecular weight excluding hydrogens is 264 g/mol. The molecule has 4 heteroatoms. The number of anilines is 1. The van der Waals surface area contributed by atoms with E-state index < -0.39 is 0 Å². The van der Waals surface area contributed by atoms with Crippen LogP contribution in [0.5, 0.6) is 0 Å². The van der Waals surface area contributed by atoms with Gasteiger partial charge >= 0.3 is 0 Å². The van der Waals surface area contributed by atoms with Crippen molar-refractivity contribution in [3.8, 4) is 0 Å². The zero-order valence-electron chi connectivity index (χ0n) is 11.8. The average molecular weight is 282 g/mol. The summed E-state index contributed by atoms with van der Waals surface area (Å²) in [6.07, 6.45) is 9.34.